The average molecular weight is 352 g/mol. The summed E-state index contributed by atoms with van der Waals surface area (Å²) in [7, 11) is -3.34. The molecule has 1 aliphatic rings. The van der Waals surface area contributed by atoms with Crippen LogP contribution in [0.25, 0.3) is 0 Å². The van der Waals surface area contributed by atoms with Crippen LogP contribution in [0.15, 0.2) is 20.1 Å². The SMILES string of the molecule is CC1(CNS(=O)(=O)c2ccc(Br)s2)CCCCC1. The number of nitrogens with one attached hydrogen (secondary N) is 1. The van der Waals surface area contributed by atoms with Crippen LogP contribution >= 0.6 is 27.3 Å². The van der Waals surface area contributed by atoms with Gasteiger partial charge in [-0.25, -0.2) is 13.1 Å². The summed E-state index contributed by atoms with van der Waals surface area (Å²) in [5.74, 6) is 0. The first kappa shape index (κ1) is 14.5. The van der Waals surface area contributed by atoms with Crippen molar-refractivity contribution in [1.29, 1.82) is 0 Å². The van der Waals surface area contributed by atoms with Crippen LogP contribution in [-0.4, -0.2) is 15.0 Å². The molecule has 1 aromatic rings. The van der Waals surface area contributed by atoms with Gasteiger partial charge < -0.3 is 0 Å². The maximum atomic E-state index is 12.1. The molecule has 1 heterocycles. The van der Waals surface area contributed by atoms with Crippen LogP contribution in [0.5, 0.6) is 0 Å². The molecule has 0 radical (unpaired) electrons. The fourth-order valence-corrected chi connectivity index (χ4v) is 5.62. The minimum absolute atomic E-state index is 0.125. The summed E-state index contributed by atoms with van der Waals surface area (Å²) in [5, 5.41) is 0. The third kappa shape index (κ3) is 3.56. The van der Waals surface area contributed by atoms with Crippen LogP contribution in [0.4, 0.5) is 0 Å². The summed E-state index contributed by atoms with van der Waals surface area (Å²) >= 11 is 4.54. The van der Waals surface area contributed by atoms with E-state index in [2.05, 4.69) is 27.6 Å². The van der Waals surface area contributed by atoms with E-state index in [-0.39, 0.29) is 5.41 Å². The highest BCUT2D eigenvalue weighted by Crippen LogP contribution is 2.35. The molecule has 1 fully saturated rings. The average Bonchev–Trinajstić information content (AvgIpc) is 2.76. The van der Waals surface area contributed by atoms with Crippen molar-refractivity contribution < 1.29 is 8.42 Å². The summed E-state index contributed by atoms with van der Waals surface area (Å²) in [6.45, 7) is 2.73. The highest BCUT2D eigenvalue weighted by Gasteiger charge is 2.29. The smallest absolute Gasteiger partial charge is 0.210 e. The first-order chi connectivity index (χ1) is 8.41. The monoisotopic (exact) mass is 351 g/mol. The van der Waals surface area contributed by atoms with Crippen molar-refractivity contribution in [3.63, 3.8) is 0 Å². The van der Waals surface area contributed by atoms with E-state index in [1.54, 1.807) is 12.1 Å². The molecule has 0 spiro atoms. The van der Waals surface area contributed by atoms with E-state index in [9.17, 15) is 8.42 Å². The summed E-state index contributed by atoms with van der Waals surface area (Å²) < 4.78 is 28.2. The van der Waals surface area contributed by atoms with Crippen LogP contribution in [0.2, 0.25) is 0 Å². The molecule has 1 N–H and O–H groups in total. The number of halogens is 1. The molecule has 1 aliphatic carbocycles. The molecular weight excluding hydrogens is 334 g/mol. The molecule has 0 amide bonds. The van der Waals surface area contributed by atoms with Gasteiger partial charge >= 0.3 is 0 Å². The second kappa shape index (κ2) is 5.61. The standard InChI is InChI=1S/C12H18BrNO2S2/c1-12(7-3-2-4-8-12)9-14-18(15,16)11-6-5-10(13)17-11/h5-6,14H,2-4,7-9H2,1H3. The van der Waals surface area contributed by atoms with Crippen molar-refractivity contribution in [2.45, 2.75) is 43.2 Å². The van der Waals surface area contributed by atoms with Gasteiger partial charge in [0.1, 0.15) is 4.21 Å². The predicted octanol–water partition coefficient (Wildman–Crippen LogP) is 3.76. The van der Waals surface area contributed by atoms with E-state index >= 15 is 0 Å². The van der Waals surface area contributed by atoms with Crippen LogP contribution in [0, 0.1) is 5.41 Å². The van der Waals surface area contributed by atoms with E-state index in [1.807, 2.05) is 0 Å². The summed E-state index contributed by atoms with van der Waals surface area (Å²) in [6, 6.07) is 3.40. The van der Waals surface area contributed by atoms with Crippen LogP contribution in [-0.2, 0) is 10.0 Å². The minimum atomic E-state index is -3.34. The Morgan fingerprint density at radius 1 is 1.33 bits per heavy atom. The second-order valence-corrected chi connectivity index (χ2v) is 9.71. The molecule has 0 atom stereocenters. The van der Waals surface area contributed by atoms with Gasteiger partial charge in [0.2, 0.25) is 10.0 Å². The van der Waals surface area contributed by atoms with E-state index in [0.717, 1.165) is 16.6 Å². The first-order valence-corrected chi connectivity index (χ1v) is 9.26. The first-order valence-electron chi connectivity index (χ1n) is 6.16. The van der Waals surface area contributed by atoms with Gasteiger partial charge in [0.05, 0.1) is 3.79 Å². The minimum Gasteiger partial charge on any atom is -0.210 e. The number of hydrogen-bond acceptors (Lipinski definition) is 3. The Morgan fingerprint density at radius 3 is 2.56 bits per heavy atom. The molecular formula is C12H18BrNO2S2. The zero-order chi connectivity index (χ0) is 13.2. The van der Waals surface area contributed by atoms with Gasteiger partial charge in [-0.2, -0.15) is 0 Å². The zero-order valence-electron chi connectivity index (χ0n) is 10.4. The Hall–Kier alpha value is 0.0900. The van der Waals surface area contributed by atoms with Crippen molar-refractivity contribution in [3.05, 3.63) is 15.9 Å². The van der Waals surface area contributed by atoms with Gasteiger partial charge in [0.25, 0.3) is 0 Å². The fraction of sp³-hybridized carbons (Fsp3) is 0.667. The summed E-state index contributed by atoms with van der Waals surface area (Å²) in [4.78, 5) is 0. The highest BCUT2D eigenvalue weighted by atomic mass is 79.9. The molecule has 0 saturated heterocycles. The molecule has 1 aromatic heterocycles. The van der Waals surface area contributed by atoms with E-state index in [1.165, 1.54) is 30.6 Å². The third-order valence-electron chi connectivity index (χ3n) is 3.56. The quantitative estimate of drug-likeness (QED) is 0.897. The van der Waals surface area contributed by atoms with Crippen molar-refractivity contribution in [3.8, 4) is 0 Å². The lowest BCUT2D eigenvalue weighted by Crippen LogP contribution is -2.36. The van der Waals surface area contributed by atoms with Gasteiger partial charge in [0, 0.05) is 6.54 Å². The lowest BCUT2D eigenvalue weighted by Gasteiger charge is -2.33. The molecule has 2 rings (SSSR count). The highest BCUT2D eigenvalue weighted by molar-refractivity contribution is 9.11. The molecule has 102 valence electrons. The van der Waals surface area contributed by atoms with Gasteiger partial charge in [-0.3, -0.25) is 0 Å². The number of hydrogen-bond donors (Lipinski definition) is 1. The van der Waals surface area contributed by atoms with E-state index < -0.39 is 10.0 Å². The molecule has 3 nitrogen and oxygen atoms in total. The van der Waals surface area contributed by atoms with Crippen molar-refractivity contribution in [2.24, 2.45) is 5.41 Å². The summed E-state index contributed by atoms with van der Waals surface area (Å²) in [5.41, 5.74) is 0.125. The van der Waals surface area contributed by atoms with Crippen molar-refractivity contribution in [1.82, 2.24) is 4.72 Å². The van der Waals surface area contributed by atoms with E-state index in [4.69, 9.17) is 0 Å². The molecule has 18 heavy (non-hydrogen) atoms. The Labute approximate surface area is 121 Å². The summed E-state index contributed by atoms with van der Waals surface area (Å²) in [6.07, 6.45) is 5.93. The van der Waals surface area contributed by atoms with Gasteiger partial charge in [-0.05, 0) is 46.3 Å². The van der Waals surface area contributed by atoms with Crippen molar-refractivity contribution >= 4 is 37.3 Å². The van der Waals surface area contributed by atoms with Crippen LogP contribution in [0.3, 0.4) is 0 Å². The van der Waals surface area contributed by atoms with Gasteiger partial charge in [-0.15, -0.1) is 11.3 Å². The van der Waals surface area contributed by atoms with Gasteiger partial charge in [-0.1, -0.05) is 26.2 Å². The lowest BCUT2D eigenvalue weighted by molar-refractivity contribution is 0.219. The maximum Gasteiger partial charge on any atom is 0.250 e. The Morgan fingerprint density at radius 2 is 2.00 bits per heavy atom. The fourth-order valence-electron chi connectivity index (χ4n) is 2.36. The Balaban J connectivity index is 2.01. The third-order valence-corrected chi connectivity index (χ3v) is 7.08. The van der Waals surface area contributed by atoms with E-state index in [0.29, 0.717) is 10.8 Å². The Kier molecular flexibility index (Phi) is 4.52. The zero-order valence-corrected chi connectivity index (χ0v) is 13.6. The number of sulfonamides is 1. The molecule has 6 heteroatoms. The Bertz CT molecular complexity index is 504. The molecule has 0 bridgehead atoms. The molecule has 0 aromatic carbocycles. The topological polar surface area (TPSA) is 46.2 Å². The van der Waals surface area contributed by atoms with Crippen molar-refractivity contribution in [2.75, 3.05) is 6.54 Å². The van der Waals surface area contributed by atoms with Crippen LogP contribution < -0.4 is 4.72 Å². The normalized spacial score (nSPS) is 19.9. The predicted molar refractivity (Wildman–Crippen MR) is 78.4 cm³/mol. The van der Waals surface area contributed by atoms with Gasteiger partial charge in [0.15, 0.2) is 0 Å². The van der Waals surface area contributed by atoms with Crippen LogP contribution in [0.1, 0.15) is 39.0 Å². The molecule has 0 aliphatic heterocycles. The second-order valence-electron chi connectivity index (χ2n) is 5.25. The maximum absolute atomic E-state index is 12.1. The molecule has 0 unspecified atom stereocenters. The number of rotatable bonds is 4. The number of thiophene rings is 1. The molecule has 1 saturated carbocycles. The lowest BCUT2D eigenvalue weighted by atomic mass is 9.76. The largest absolute Gasteiger partial charge is 0.250 e.